The Kier molecular flexibility index (Phi) is 5.75. The predicted molar refractivity (Wildman–Crippen MR) is 141 cm³/mol. The average Bonchev–Trinajstić information content (AvgIpc) is 3.56. The summed E-state index contributed by atoms with van der Waals surface area (Å²) < 4.78 is 8.08. The van der Waals surface area contributed by atoms with Crippen LogP contribution in [0.3, 0.4) is 0 Å². The predicted octanol–water partition coefficient (Wildman–Crippen LogP) is 6.71. The molecular weight excluding hydrogens is 432 g/mol. The Morgan fingerprint density at radius 2 is 1.49 bits per heavy atom. The minimum absolute atomic E-state index is 0.193. The molecule has 0 radical (unpaired) electrons. The highest BCUT2D eigenvalue weighted by atomic mass is 16.3. The standard InChI is InChI=1S/C30H26N4O/c1-4-11-22(12-5-1)19-31-29-27-26(23-13-6-2-7-14-23)28(24-15-8-3-9-16-24)34(30(27)33-21-32-29)20-25-17-10-18-35-25/h1-18,21,29,31H,19-20H2,(H,32,33). The maximum absolute atomic E-state index is 5.77. The smallest absolute Gasteiger partial charge is 0.131 e. The number of nitrogens with one attached hydrogen (secondary N) is 2. The SMILES string of the molecule is C1=NC(NCc2ccccc2)c2c(-c3ccccc3)c(-c3ccccc3)n(Cc3ccco3)c2N1. The van der Waals surface area contributed by atoms with E-state index >= 15 is 0 Å². The average molecular weight is 459 g/mol. The van der Waals surface area contributed by atoms with Crippen LogP contribution in [0.4, 0.5) is 5.82 Å². The van der Waals surface area contributed by atoms with E-state index in [1.165, 1.54) is 11.1 Å². The zero-order chi connectivity index (χ0) is 23.5. The van der Waals surface area contributed by atoms with E-state index < -0.39 is 0 Å². The van der Waals surface area contributed by atoms with Crippen molar-refractivity contribution in [1.82, 2.24) is 9.88 Å². The van der Waals surface area contributed by atoms with E-state index in [1.807, 2.05) is 18.2 Å². The van der Waals surface area contributed by atoms with E-state index in [-0.39, 0.29) is 6.17 Å². The van der Waals surface area contributed by atoms with Gasteiger partial charge in [0.05, 0.1) is 24.8 Å². The van der Waals surface area contributed by atoms with Crippen LogP contribution < -0.4 is 10.6 Å². The van der Waals surface area contributed by atoms with Crippen LogP contribution >= 0.6 is 0 Å². The van der Waals surface area contributed by atoms with Gasteiger partial charge < -0.3 is 14.3 Å². The summed E-state index contributed by atoms with van der Waals surface area (Å²) in [6, 6.07) is 35.5. The molecule has 0 bridgehead atoms. The molecule has 1 aliphatic heterocycles. The molecule has 0 fully saturated rings. The molecule has 2 aromatic heterocycles. The van der Waals surface area contributed by atoms with Crippen LogP contribution in [0.2, 0.25) is 0 Å². The molecule has 3 heterocycles. The molecule has 0 spiro atoms. The maximum Gasteiger partial charge on any atom is 0.131 e. The molecule has 0 saturated heterocycles. The molecule has 0 saturated carbocycles. The van der Waals surface area contributed by atoms with Crippen LogP contribution in [0, 0.1) is 0 Å². The van der Waals surface area contributed by atoms with Crippen LogP contribution in [0.15, 0.2) is 119 Å². The number of hydrogen-bond acceptors (Lipinski definition) is 4. The summed E-state index contributed by atoms with van der Waals surface area (Å²) in [6.07, 6.45) is 3.33. The van der Waals surface area contributed by atoms with Gasteiger partial charge in [-0.15, -0.1) is 0 Å². The summed E-state index contributed by atoms with van der Waals surface area (Å²) >= 11 is 0. The molecule has 5 nitrogen and oxygen atoms in total. The van der Waals surface area contributed by atoms with Gasteiger partial charge >= 0.3 is 0 Å². The highest BCUT2D eigenvalue weighted by molar-refractivity contribution is 5.93. The fraction of sp³-hybridized carbons (Fsp3) is 0.100. The quantitative estimate of drug-likeness (QED) is 0.285. The molecule has 3 aromatic carbocycles. The van der Waals surface area contributed by atoms with E-state index in [4.69, 9.17) is 9.41 Å². The largest absolute Gasteiger partial charge is 0.467 e. The second kappa shape index (κ2) is 9.49. The highest BCUT2D eigenvalue weighted by Gasteiger charge is 2.31. The zero-order valence-corrected chi connectivity index (χ0v) is 19.3. The van der Waals surface area contributed by atoms with Crippen molar-refractivity contribution < 1.29 is 4.42 Å². The van der Waals surface area contributed by atoms with E-state index in [1.54, 1.807) is 12.6 Å². The molecule has 35 heavy (non-hydrogen) atoms. The molecule has 5 aromatic rings. The molecule has 5 heteroatoms. The summed E-state index contributed by atoms with van der Waals surface area (Å²) in [6.45, 7) is 1.33. The number of aliphatic imine (C=N–C) groups is 1. The summed E-state index contributed by atoms with van der Waals surface area (Å²) in [5.41, 5.74) is 6.99. The molecule has 1 unspecified atom stereocenters. The lowest BCUT2D eigenvalue weighted by Crippen LogP contribution is -2.24. The van der Waals surface area contributed by atoms with Crippen molar-refractivity contribution >= 4 is 12.2 Å². The first-order valence-corrected chi connectivity index (χ1v) is 11.8. The van der Waals surface area contributed by atoms with Gasteiger partial charge in [-0.3, -0.25) is 10.3 Å². The van der Waals surface area contributed by atoms with Crippen molar-refractivity contribution in [2.45, 2.75) is 19.3 Å². The highest BCUT2D eigenvalue weighted by Crippen LogP contribution is 2.46. The first-order chi connectivity index (χ1) is 17.4. The summed E-state index contributed by atoms with van der Waals surface area (Å²) in [5, 5.41) is 7.14. The Morgan fingerprint density at radius 1 is 0.800 bits per heavy atom. The van der Waals surface area contributed by atoms with Crippen molar-refractivity contribution in [1.29, 1.82) is 0 Å². The molecule has 2 N–H and O–H groups in total. The van der Waals surface area contributed by atoms with Crippen molar-refractivity contribution in [3.8, 4) is 22.4 Å². The fourth-order valence-corrected chi connectivity index (χ4v) is 4.78. The zero-order valence-electron chi connectivity index (χ0n) is 19.3. The van der Waals surface area contributed by atoms with Gasteiger partial charge in [-0.05, 0) is 28.8 Å². The molecule has 172 valence electrons. The third-order valence-electron chi connectivity index (χ3n) is 6.35. The monoisotopic (exact) mass is 458 g/mol. The van der Waals surface area contributed by atoms with Crippen molar-refractivity contribution in [2.24, 2.45) is 4.99 Å². The van der Waals surface area contributed by atoms with Gasteiger partial charge in [0.25, 0.3) is 0 Å². The Hall–Kier alpha value is -4.35. The topological polar surface area (TPSA) is 54.5 Å². The molecule has 1 aliphatic rings. The third kappa shape index (κ3) is 4.18. The minimum atomic E-state index is -0.193. The first kappa shape index (κ1) is 21.2. The Bertz CT molecular complexity index is 1420. The lowest BCUT2D eigenvalue weighted by molar-refractivity contribution is 0.495. The Balaban J connectivity index is 1.55. The lowest BCUT2D eigenvalue weighted by atomic mass is 9.96. The van der Waals surface area contributed by atoms with Gasteiger partial charge in [0.1, 0.15) is 17.7 Å². The third-order valence-corrected chi connectivity index (χ3v) is 6.35. The molecular formula is C30H26N4O. The fourth-order valence-electron chi connectivity index (χ4n) is 4.78. The van der Waals surface area contributed by atoms with Crippen LogP contribution in [-0.4, -0.2) is 10.9 Å². The van der Waals surface area contributed by atoms with Gasteiger partial charge in [0.2, 0.25) is 0 Å². The Labute approximate surface area is 204 Å². The molecule has 0 aliphatic carbocycles. The van der Waals surface area contributed by atoms with Gasteiger partial charge in [-0.1, -0.05) is 91.0 Å². The van der Waals surface area contributed by atoms with E-state index in [0.29, 0.717) is 6.54 Å². The molecule has 6 rings (SSSR count). The van der Waals surface area contributed by atoms with Gasteiger partial charge in [0.15, 0.2) is 0 Å². The number of aromatic nitrogens is 1. The number of furan rings is 1. The second-order valence-electron chi connectivity index (χ2n) is 8.57. The van der Waals surface area contributed by atoms with Crippen LogP contribution in [0.5, 0.6) is 0 Å². The molecule has 1 atom stereocenters. The van der Waals surface area contributed by atoms with Gasteiger partial charge in [0, 0.05) is 17.7 Å². The minimum Gasteiger partial charge on any atom is -0.467 e. The summed E-state index contributed by atoms with van der Waals surface area (Å²) in [7, 11) is 0. The lowest BCUT2D eigenvalue weighted by Gasteiger charge is -2.22. The van der Waals surface area contributed by atoms with E-state index in [9.17, 15) is 0 Å². The number of nitrogens with zero attached hydrogens (tertiary/aromatic N) is 2. The number of anilines is 1. The van der Waals surface area contributed by atoms with Crippen LogP contribution in [0.25, 0.3) is 22.4 Å². The van der Waals surface area contributed by atoms with Gasteiger partial charge in [-0.2, -0.15) is 0 Å². The second-order valence-corrected chi connectivity index (χ2v) is 8.57. The van der Waals surface area contributed by atoms with Crippen LogP contribution in [0.1, 0.15) is 23.1 Å². The van der Waals surface area contributed by atoms with E-state index in [2.05, 4.69) is 100 Å². The maximum atomic E-state index is 5.77. The normalized spacial score (nSPS) is 14.5. The van der Waals surface area contributed by atoms with E-state index in [0.717, 1.165) is 40.5 Å². The van der Waals surface area contributed by atoms with Crippen LogP contribution in [-0.2, 0) is 13.1 Å². The summed E-state index contributed by atoms with van der Waals surface area (Å²) in [5.74, 6) is 1.93. The summed E-state index contributed by atoms with van der Waals surface area (Å²) in [4.78, 5) is 4.83. The van der Waals surface area contributed by atoms with Crippen molar-refractivity contribution in [3.63, 3.8) is 0 Å². The Morgan fingerprint density at radius 3 is 2.17 bits per heavy atom. The number of benzene rings is 3. The van der Waals surface area contributed by atoms with Gasteiger partial charge in [-0.25, -0.2) is 0 Å². The van der Waals surface area contributed by atoms with Crippen molar-refractivity contribution in [2.75, 3.05) is 5.32 Å². The number of fused-ring (bicyclic) bond motifs is 1. The first-order valence-electron chi connectivity index (χ1n) is 11.8. The molecule has 0 amide bonds. The number of rotatable bonds is 7. The van der Waals surface area contributed by atoms with Crippen molar-refractivity contribution in [3.05, 3.63) is 126 Å². The number of hydrogen-bond donors (Lipinski definition) is 2.